The number of benzene rings is 2. The molecule has 1 atom stereocenters. The minimum atomic E-state index is 0.0754. The fourth-order valence-electron chi connectivity index (χ4n) is 6.53. The predicted octanol–water partition coefficient (Wildman–Crippen LogP) is 7.80. The average molecular weight is 643 g/mol. The van der Waals surface area contributed by atoms with Gasteiger partial charge in [0.15, 0.2) is 5.65 Å². The maximum atomic E-state index is 13.0. The normalized spacial score (nSPS) is 15.2. The quantitative estimate of drug-likeness (QED) is 0.0916. The van der Waals surface area contributed by atoms with Gasteiger partial charge in [-0.3, -0.25) is 9.59 Å². The molecule has 0 spiro atoms. The minimum Gasteiger partial charge on any atom is -0.339 e. The fraction of sp³-hybridized carbons (Fsp3) is 0.541. The summed E-state index contributed by atoms with van der Waals surface area (Å²) in [6.45, 7) is 9.05. The van der Waals surface area contributed by atoms with Gasteiger partial charge in [-0.25, -0.2) is 4.98 Å². The third kappa shape index (κ3) is 8.87. The first-order valence-electron chi connectivity index (χ1n) is 17.3. The van der Waals surface area contributed by atoms with E-state index in [-0.39, 0.29) is 17.9 Å². The summed E-state index contributed by atoms with van der Waals surface area (Å²) in [6.07, 6.45) is 11.4. The molecule has 0 radical (unpaired) electrons. The Morgan fingerprint density at radius 1 is 0.870 bits per heavy atom. The van der Waals surface area contributed by atoms with Crippen LogP contribution in [0.5, 0.6) is 0 Å². The Kier molecular flexibility index (Phi) is 12.5. The van der Waals surface area contributed by atoms with Gasteiger partial charge >= 0.3 is 0 Å². The van der Waals surface area contributed by atoms with E-state index in [4.69, 9.17) is 4.98 Å². The number of carbonyl (C=O) groups excluding carboxylic acids is 2. The van der Waals surface area contributed by atoms with Gasteiger partial charge in [-0.2, -0.15) is 0 Å². The molecule has 4 aromatic rings. The van der Waals surface area contributed by atoms with Crippen molar-refractivity contribution in [3.63, 3.8) is 0 Å². The Labute approximate surface area is 278 Å². The molecule has 0 N–H and O–H groups in total. The largest absolute Gasteiger partial charge is 0.339 e. The second-order valence-electron chi connectivity index (χ2n) is 12.8. The number of carbonyl (C=O) groups is 2. The summed E-state index contributed by atoms with van der Waals surface area (Å²) in [5.41, 5.74) is 5.25. The van der Waals surface area contributed by atoms with E-state index in [1.807, 2.05) is 15.9 Å². The van der Waals surface area contributed by atoms with Crippen LogP contribution in [0.2, 0.25) is 0 Å². The lowest BCUT2D eigenvalue weighted by atomic mass is 10.1. The molecule has 8 nitrogen and oxygen atoms in total. The van der Waals surface area contributed by atoms with Crippen LogP contribution in [0.25, 0.3) is 22.1 Å². The first-order chi connectivity index (χ1) is 22.4. The van der Waals surface area contributed by atoms with E-state index in [1.165, 1.54) is 43.2 Å². The van der Waals surface area contributed by atoms with Crippen LogP contribution < -0.4 is 0 Å². The van der Waals surface area contributed by atoms with Crippen molar-refractivity contribution in [3.8, 4) is 0 Å². The number of aryl methyl sites for hydroxylation is 1. The fourth-order valence-corrected chi connectivity index (χ4v) is 7.32. The van der Waals surface area contributed by atoms with Crippen molar-refractivity contribution in [2.75, 3.05) is 25.4 Å². The highest BCUT2D eigenvalue weighted by Crippen LogP contribution is 2.28. The molecular weight excluding hydrogens is 593 g/mol. The van der Waals surface area contributed by atoms with Crippen molar-refractivity contribution in [2.45, 2.75) is 109 Å². The number of aromatic nitrogens is 4. The molecule has 2 aromatic heterocycles. The van der Waals surface area contributed by atoms with E-state index in [0.29, 0.717) is 37.6 Å². The van der Waals surface area contributed by atoms with E-state index in [1.54, 1.807) is 11.8 Å². The van der Waals surface area contributed by atoms with Crippen LogP contribution in [0.4, 0.5) is 0 Å². The number of piperazine rings is 1. The molecule has 9 heteroatoms. The second-order valence-corrected chi connectivity index (χ2v) is 13.9. The molecule has 0 bridgehead atoms. The van der Waals surface area contributed by atoms with Gasteiger partial charge in [0.2, 0.25) is 17.0 Å². The third-order valence-electron chi connectivity index (χ3n) is 9.09. The van der Waals surface area contributed by atoms with Crippen LogP contribution in [0.3, 0.4) is 0 Å². The highest BCUT2D eigenvalue weighted by atomic mass is 32.2. The van der Waals surface area contributed by atoms with Crippen LogP contribution in [0, 0.1) is 6.92 Å². The SMILES string of the molecule is CCCCCCCCCC(=O)N1CCN(C(=O)CCCCSc2nnc3c4ccccc4n(Cc4cccc(C)c4)c3n2)CC1C. The zero-order valence-corrected chi connectivity index (χ0v) is 28.7. The minimum absolute atomic E-state index is 0.0754. The number of thioether (sulfide) groups is 1. The Balaban J connectivity index is 1.06. The maximum Gasteiger partial charge on any atom is 0.222 e. The summed E-state index contributed by atoms with van der Waals surface area (Å²) in [7, 11) is 0. The summed E-state index contributed by atoms with van der Waals surface area (Å²) in [4.78, 5) is 34.7. The lowest BCUT2D eigenvalue weighted by molar-refractivity contribution is -0.142. The molecule has 2 amide bonds. The molecule has 246 valence electrons. The number of hydrogen-bond acceptors (Lipinski definition) is 6. The predicted molar refractivity (Wildman–Crippen MR) is 188 cm³/mol. The van der Waals surface area contributed by atoms with Crippen molar-refractivity contribution in [3.05, 3.63) is 59.7 Å². The van der Waals surface area contributed by atoms with Gasteiger partial charge in [0.25, 0.3) is 0 Å². The molecule has 1 saturated heterocycles. The van der Waals surface area contributed by atoms with Gasteiger partial charge in [0.05, 0.1) is 5.52 Å². The smallest absolute Gasteiger partial charge is 0.222 e. The molecule has 1 aliphatic rings. The lowest BCUT2D eigenvalue weighted by Crippen LogP contribution is -2.55. The molecule has 1 fully saturated rings. The van der Waals surface area contributed by atoms with Crippen LogP contribution >= 0.6 is 11.8 Å². The maximum absolute atomic E-state index is 13.0. The van der Waals surface area contributed by atoms with E-state index >= 15 is 0 Å². The zero-order valence-electron chi connectivity index (χ0n) is 27.9. The van der Waals surface area contributed by atoms with Gasteiger partial charge in [-0.05, 0) is 44.7 Å². The highest BCUT2D eigenvalue weighted by Gasteiger charge is 2.29. The van der Waals surface area contributed by atoms with E-state index in [0.717, 1.165) is 60.0 Å². The molecule has 5 rings (SSSR count). The number of unbranched alkanes of at least 4 members (excludes halogenated alkanes) is 7. The van der Waals surface area contributed by atoms with E-state index < -0.39 is 0 Å². The summed E-state index contributed by atoms with van der Waals surface area (Å²) in [6, 6.07) is 16.9. The lowest BCUT2D eigenvalue weighted by Gasteiger charge is -2.40. The third-order valence-corrected chi connectivity index (χ3v) is 10.0. The van der Waals surface area contributed by atoms with Crippen LogP contribution in [0.1, 0.15) is 95.6 Å². The molecule has 3 heterocycles. The van der Waals surface area contributed by atoms with Gasteiger partial charge in [-0.1, -0.05) is 105 Å². The Morgan fingerprint density at radius 3 is 2.43 bits per heavy atom. The number of para-hydroxylation sites is 1. The van der Waals surface area contributed by atoms with Gasteiger partial charge in [-0.15, -0.1) is 10.2 Å². The van der Waals surface area contributed by atoms with Crippen molar-refractivity contribution in [1.82, 2.24) is 29.5 Å². The molecule has 0 saturated carbocycles. The molecular formula is C37H50N6O2S. The summed E-state index contributed by atoms with van der Waals surface area (Å²) in [5.74, 6) is 1.27. The van der Waals surface area contributed by atoms with E-state index in [9.17, 15) is 9.59 Å². The second kappa shape index (κ2) is 16.9. The van der Waals surface area contributed by atoms with Crippen molar-refractivity contribution in [2.24, 2.45) is 0 Å². The van der Waals surface area contributed by atoms with Crippen LogP contribution in [-0.2, 0) is 16.1 Å². The highest BCUT2D eigenvalue weighted by molar-refractivity contribution is 7.99. The monoisotopic (exact) mass is 642 g/mol. The Morgan fingerprint density at radius 2 is 1.63 bits per heavy atom. The number of fused-ring (bicyclic) bond motifs is 3. The number of amides is 2. The van der Waals surface area contributed by atoms with Crippen molar-refractivity contribution >= 4 is 45.6 Å². The topological polar surface area (TPSA) is 84.2 Å². The summed E-state index contributed by atoms with van der Waals surface area (Å²) in [5, 5.41) is 10.8. The van der Waals surface area contributed by atoms with Gasteiger partial charge < -0.3 is 14.4 Å². The van der Waals surface area contributed by atoms with Gasteiger partial charge in [0, 0.05) is 56.2 Å². The molecule has 0 aliphatic carbocycles. The number of hydrogen-bond donors (Lipinski definition) is 0. The zero-order chi connectivity index (χ0) is 32.3. The summed E-state index contributed by atoms with van der Waals surface area (Å²) >= 11 is 1.60. The molecule has 1 aliphatic heterocycles. The van der Waals surface area contributed by atoms with Crippen molar-refractivity contribution < 1.29 is 9.59 Å². The average Bonchev–Trinajstić information content (AvgIpc) is 3.36. The first-order valence-corrected chi connectivity index (χ1v) is 18.3. The standard InChI is InChI=1S/C37H50N6O2S/c1-4-5-6-7-8-9-10-21-34(45)42-23-22-41(26-29(42)3)33(44)20-13-14-24-46-37-38-36-35(39-40-37)31-18-11-12-19-32(31)43(36)27-30-17-15-16-28(2)25-30/h11-12,15-19,25,29H,4-10,13-14,20-24,26-27H2,1-3H3. The molecule has 46 heavy (non-hydrogen) atoms. The Bertz CT molecular complexity index is 1600. The van der Waals surface area contributed by atoms with Crippen LogP contribution in [-0.4, -0.2) is 72.8 Å². The molecule has 1 unspecified atom stereocenters. The van der Waals surface area contributed by atoms with Gasteiger partial charge in [0.1, 0.15) is 5.52 Å². The number of rotatable bonds is 16. The molecule has 2 aromatic carbocycles. The van der Waals surface area contributed by atoms with Crippen molar-refractivity contribution in [1.29, 1.82) is 0 Å². The first kappa shape index (κ1) is 33.9. The van der Waals surface area contributed by atoms with Crippen LogP contribution in [0.15, 0.2) is 53.7 Å². The Hall–Kier alpha value is -3.46. The summed E-state index contributed by atoms with van der Waals surface area (Å²) < 4.78 is 2.24. The van der Waals surface area contributed by atoms with E-state index in [2.05, 4.69) is 78.0 Å². The number of nitrogens with zero attached hydrogens (tertiary/aromatic N) is 6.